The van der Waals surface area contributed by atoms with Crippen molar-refractivity contribution in [1.29, 1.82) is 0 Å². The SMILES string of the molecule is CC(C)c1ccc(C(Br)Cc2ccc(F)cc2F)cc1. The number of alkyl halides is 1. The second-order valence-corrected chi connectivity index (χ2v) is 6.33. The molecule has 2 rings (SSSR count). The van der Waals surface area contributed by atoms with Crippen molar-refractivity contribution < 1.29 is 8.78 Å². The van der Waals surface area contributed by atoms with E-state index in [2.05, 4.69) is 54.0 Å². The Labute approximate surface area is 127 Å². The van der Waals surface area contributed by atoms with Crippen molar-refractivity contribution in [3.63, 3.8) is 0 Å². The van der Waals surface area contributed by atoms with Crippen LogP contribution >= 0.6 is 15.9 Å². The first-order chi connectivity index (χ1) is 9.47. The van der Waals surface area contributed by atoms with Crippen molar-refractivity contribution in [3.8, 4) is 0 Å². The molecule has 0 aliphatic carbocycles. The zero-order valence-electron chi connectivity index (χ0n) is 11.5. The molecule has 106 valence electrons. The molecule has 3 heteroatoms. The van der Waals surface area contributed by atoms with Crippen molar-refractivity contribution >= 4 is 15.9 Å². The summed E-state index contributed by atoms with van der Waals surface area (Å²) >= 11 is 3.58. The first kappa shape index (κ1) is 15.2. The van der Waals surface area contributed by atoms with Gasteiger partial charge in [-0.15, -0.1) is 0 Å². The van der Waals surface area contributed by atoms with Gasteiger partial charge >= 0.3 is 0 Å². The van der Waals surface area contributed by atoms with Crippen LogP contribution in [0.4, 0.5) is 8.78 Å². The minimum Gasteiger partial charge on any atom is -0.207 e. The Morgan fingerprint density at radius 2 is 1.55 bits per heavy atom. The fourth-order valence-corrected chi connectivity index (χ4v) is 2.74. The van der Waals surface area contributed by atoms with Crippen molar-refractivity contribution in [2.24, 2.45) is 0 Å². The molecule has 0 nitrogen and oxygen atoms in total. The highest BCUT2D eigenvalue weighted by atomic mass is 79.9. The van der Waals surface area contributed by atoms with Gasteiger partial charge in [-0.05, 0) is 35.1 Å². The Balaban J connectivity index is 2.13. The second kappa shape index (κ2) is 6.49. The van der Waals surface area contributed by atoms with E-state index in [-0.39, 0.29) is 4.83 Å². The molecule has 0 N–H and O–H groups in total. The van der Waals surface area contributed by atoms with Gasteiger partial charge in [0, 0.05) is 10.9 Å². The van der Waals surface area contributed by atoms with Crippen LogP contribution in [0.15, 0.2) is 42.5 Å². The molecular formula is C17H17BrF2. The number of hydrogen-bond donors (Lipinski definition) is 0. The molecule has 0 heterocycles. The topological polar surface area (TPSA) is 0 Å². The van der Waals surface area contributed by atoms with E-state index in [1.807, 2.05) is 0 Å². The first-order valence-electron chi connectivity index (χ1n) is 6.65. The predicted molar refractivity (Wildman–Crippen MR) is 82.3 cm³/mol. The third kappa shape index (κ3) is 3.66. The summed E-state index contributed by atoms with van der Waals surface area (Å²) < 4.78 is 26.5. The van der Waals surface area contributed by atoms with Crippen LogP contribution in [0.5, 0.6) is 0 Å². The number of rotatable bonds is 4. The molecule has 0 fully saturated rings. The second-order valence-electron chi connectivity index (χ2n) is 5.23. The van der Waals surface area contributed by atoms with Gasteiger partial charge in [-0.1, -0.05) is 60.1 Å². The van der Waals surface area contributed by atoms with Gasteiger partial charge in [-0.25, -0.2) is 8.78 Å². The highest BCUT2D eigenvalue weighted by molar-refractivity contribution is 9.09. The molecule has 0 spiro atoms. The lowest BCUT2D eigenvalue weighted by molar-refractivity contribution is 0.571. The molecule has 1 atom stereocenters. The lowest BCUT2D eigenvalue weighted by Gasteiger charge is -2.13. The maximum absolute atomic E-state index is 13.6. The van der Waals surface area contributed by atoms with Crippen LogP contribution in [0.1, 0.15) is 41.3 Å². The molecular weight excluding hydrogens is 322 g/mol. The van der Waals surface area contributed by atoms with E-state index < -0.39 is 11.6 Å². The minimum atomic E-state index is -0.543. The van der Waals surface area contributed by atoms with E-state index >= 15 is 0 Å². The van der Waals surface area contributed by atoms with Crippen LogP contribution in [-0.2, 0) is 6.42 Å². The van der Waals surface area contributed by atoms with Crippen molar-refractivity contribution in [2.75, 3.05) is 0 Å². The van der Waals surface area contributed by atoms with Crippen LogP contribution in [0.3, 0.4) is 0 Å². The molecule has 0 radical (unpaired) electrons. The van der Waals surface area contributed by atoms with Gasteiger partial charge in [-0.3, -0.25) is 0 Å². The van der Waals surface area contributed by atoms with Crippen molar-refractivity contribution in [1.82, 2.24) is 0 Å². The molecule has 0 bridgehead atoms. The molecule has 0 aliphatic rings. The maximum atomic E-state index is 13.6. The fourth-order valence-electron chi connectivity index (χ4n) is 2.09. The standard InChI is InChI=1S/C17H17BrF2/c1-11(2)12-3-5-13(6-4-12)16(18)9-14-7-8-15(19)10-17(14)20/h3-8,10-11,16H,9H2,1-2H3. The molecule has 1 unspecified atom stereocenters. The largest absolute Gasteiger partial charge is 0.207 e. The Bertz CT molecular complexity index is 576. The Kier molecular flexibility index (Phi) is 4.92. The summed E-state index contributed by atoms with van der Waals surface area (Å²) in [4.78, 5) is 0.0173. The summed E-state index contributed by atoms with van der Waals surface area (Å²) in [5, 5.41) is 0. The van der Waals surface area contributed by atoms with E-state index in [1.165, 1.54) is 17.7 Å². The van der Waals surface area contributed by atoms with E-state index in [0.29, 0.717) is 17.9 Å². The summed E-state index contributed by atoms with van der Waals surface area (Å²) in [6, 6.07) is 12.0. The molecule has 2 aromatic carbocycles. The zero-order valence-corrected chi connectivity index (χ0v) is 13.1. The molecule has 0 aromatic heterocycles. The van der Waals surface area contributed by atoms with E-state index in [4.69, 9.17) is 0 Å². The molecule has 0 aliphatic heterocycles. The van der Waals surface area contributed by atoms with Crippen LogP contribution < -0.4 is 0 Å². The number of hydrogen-bond acceptors (Lipinski definition) is 0. The molecule has 0 saturated heterocycles. The first-order valence-corrected chi connectivity index (χ1v) is 7.57. The van der Waals surface area contributed by atoms with Gasteiger partial charge in [0.25, 0.3) is 0 Å². The Morgan fingerprint density at radius 1 is 0.950 bits per heavy atom. The average Bonchev–Trinajstić information content (AvgIpc) is 2.42. The van der Waals surface area contributed by atoms with Crippen molar-refractivity contribution in [3.05, 3.63) is 70.8 Å². The summed E-state index contributed by atoms with van der Waals surface area (Å²) in [7, 11) is 0. The molecule has 20 heavy (non-hydrogen) atoms. The highest BCUT2D eigenvalue weighted by Gasteiger charge is 2.12. The summed E-state index contributed by atoms with van der Waals surface area (Å²) in [6.07, 6.45) is 0.493. The normalized spacial score (nSPS) is 12.7. The van der Waals surface area contributed by atoms with Crippen LogP contribution in [0.2, 0.25) is 0 Å². The van der Waals surface area contributed by atoms with Gasteiger partial charge in [0.1, 0.15) is 11.6 Å². The van der Waals surface area contributed by atoms with Gasteiger partial charge in [0.05, 0.1) is 0 Å². The highest BCUT2D eigenvalue weighted by Crippen LogP contribution is 2.29. The van der Waals surface area contributed by atoms with E-state index in [9.17, 15) is 8.78 Å². The zero-order chi connectivity index (χ0) is 14.7. The van der Waals surface area contributed by atoms with E-state index in [0.717, 1.165) is 11.6 Å². The Hall–Kier alpha value is -1.22. The third-order valence-corrected chi connectivity index (χ3v) is 4.23. The lowest BCUT2D eigenvalue weighted by Crippen LogP contribution is -1.99. The number of halogens is 3. The van der Waals surface area contributed by atoms with Gasteiger partial charge in [-0.2, -0.15) is 0 Å². The third-order valence-electron chi connectivity index (χ3n) is 3.38. The van der Waals surface area contributed by atoms with Gasteiger partial charge in [0.15, 0.2) is 0 Å². The van der Waals surface area contributed by atoms with Crippen LogP contribution in [0.25, 0.3) is 0 Å². The molecule has 0 saturated carbocycles. The summed E-state index contributed by atoms with van der Waals surface area (Å²) in [5.41, 5.74) is 2.89. The average molecular weight is 339 g/mol. The van der Waals surface area contributed by atoms with Crippen molar-refractivity contribution in [2.45, 2.75) is 31.0 Å². The van der Waals surface area contributed by atoms with Gasteiger partial charge < -0.3 is 0 Å². The van der Waals surface area contributed by atoms with Crippen LogP contribution in [-0.4, -0.2) is 0 Å². The summed E-state index contributed by atoms with van der Waals surface area (Å²) in [5.74, 6) is -0.542. The molecule has 0 amide bonds. The lowest BCUT2D eigenvalue weighted by atomic mass is 9.99. The summed E-state index contributed by atoms with van der Waals surface area (Å²) in [6.45, 7) is 4.29. The van der Waals surface area contributed by atoms with Gasteiger partial charge in [0.2, 0.25) is 0 Å². The Morgan fingerprint density at radius 3 is 2.10 bits per heavy atom. The number of benzene rings is 2. The molecule has 2 aromatic rings. The van der Waals surface area contributed by atoms with Crippen LogP contribution in [0, 0.1) is 11.6 Å². The fraction of sp³-hybridized carbons (Fsp3) is 0.294. The van der Waals surface area contributed by atoms with E-state index in [1.54, 1.807) is 0 Å². The predicted octanol–water partition coefficient (Wildman–Crippen LogP) is 5.77. The smallest absolute Gasteiger partial charge is 0.129 e. The monoisotopic (exact) mass is 338 g/mol. The quantitative estimate of drug-likeness (QED) is 0.621. The maximum Gasteiger partial charge on any atom is 0.129 e. The minimum absolute atomic E-state index is 0.0173.